The normalized spacial score (nSPS) is 12.5. The van der Waals surface area contributed by atoms with E-state index in [1.165, 1.54) is 0 Å². The minimum atomic E-state index is -0.175. The molecular formula is C30H34Cl6CuN6O2. The summed E-state index contributed by atoms with van der Waals surface area (Å²) in [6.45, 7) is 9.39. The molecule has 0 aliphatic carbocycles. The Labute approximate surface area is 307 Å². The number of hydrogen-bond donors (Lipinski definition) is 0. The first-order chi connectivity index (χ1) is 20.2. The minimum Gasteiger partial charge on any atom is -1.00 e. The second-order valence-electron chi connectivity index (χ2n) is 9.10. The number of rotatable bonds is 10. The van der Waals surface area contributed by atoms with Gasteiger partial charge in [0.05, 0.1) is 21.4 Å². The molecule has 2 heterocycles. The third-order valence-electron chi connectivity index (χ3n) is 5.70. The average Bonchev–Trinajstić information content (AvgIpc) is 3.69. The van der Waals surface area contributed by atoms with Crippen LogP contribution in [0.5, 0.6) is 0 Å². The molecule has 45 heavy (non-hydrogen) atoms. The Hall–Kier alpha value is -1.62. The molecule has 2 aromatic heterocycles. The van der Waals surface area contributed by atoms with Crippen LogP contribution in [0.15, 0.2) is 83.8 Å². The number of imidazole rings is 2. The van der Waals surface area contributed by atoms with E-state index in [9.17, 15) is 0 Å². The standard InChI is InChI=1S/2C15H17Cl2N3O.2ClH.Cu/c2*1-3-8-21-11(2)15(20-7-6-18-10-20)19-14-5-4-12(16)9-13(14)17;;;/h2*4-7,9-11H,3,8H2,1-2H3;2*1H;/q;;;;+2/p-2. The maximum Gasteiger partial charge on any atom is 2.00 e. The third kappa shape index (κ3) is 14.0. The van der Waals surface area contributed by atoms with Crippen LogP contribution in [0.4, 0.5) is 11.4 Å². The van der Waals surface area contributed by atoms with Crippen LogP contribution in [-0.4, -0.2) is 56.2 Å². The molecule has 0 amide bonds. The summed E-state index contributed by atoms with van der Waals surface area (Å²) in [6, 6.07) is 10.4. The van der Waals surface area contributed by atoms with Gasteiger partial charge in [-0.3, -0.25) is 9.13 Å². The van der Waals surface area contributed by atoms with Crippen LogP contribution in [0, 0.1) is 0 Å². The van der Waals surface area contributed by atoms with E-state index in [0.29, 0.717) is 44.7 Å². The summed E-state index contributed by atoms with van der Waals surface area (Å²) < 4.78 is 15.2. The Kier molecular flexibility index (Phi) is 22.0. The zero-order valence-corrected chi connectivity index (χ0v) is 30.5. The molecular weight excluding hydrogens is 753 g/mol. The van der Waals surface area contributed by atoms with Crippen molar-refractivity contribution in [2.75, 3.05) is 13.2 Å². The summed E-state index contributed by atoms with van der Waals surface area (Å²) in [5.41, 5.74) is 1.30. The Morgan fingerprint density at radius 2 is 1.09 bits per heavy atom. The molecule has 0 saturated heterocycles. The largest absolute Gasteiger partial charge is 2.00 e. The van der Waals surface area contributed by atoms with Crippen LogP contribution in [0.2, 0.25) is 20.1 Å². The van der Waals surface area contributed by atoms with Crippen molar-refractivity contribution in [3.63, 3.8) is 0 Å². The van der Waals surface area contributed by atoms with Crippen molar-refractivity contribution in [3.05, 3.63) is 93.9 Å². The van der Waals surface area contributed by atoms with Gasteiger partial charge in [0.1, 0.15) is 36.5 Å². The van der Waals surface area contributed by atoms with Gasteiger partial charge in [0.25, 0.3) is 0 Å². The van der Waals surface area contributed by atoms with E-state index < -0.39 is 0 Å². The molecule has 0 saturated carbocycles. The number of benzene rings is 2. The predicted molar refractivity (Wildman–Crippen MR) is 174 cm³/mol. The maximum absolute atomic E-state index is 6.19. The van der Waals surface area contributed by atoms with Crippen molar-refractivity contribution in [2.45, 2.75) is 52.7 Å². The van der Waals surface area contributed by atoms with E-state index in [4.69, 9.17) is 55.9 Å². The fourth-order valence-electron chi connectivity index (χ4n) is 3.64. The van der Waals surface area contributed by atoms with Gasteiger partial charge in [0.15, 0.2) is 0 Å². The van der Waals surface area contributed by atoms with Gasteiger partial charge >= 0.3 is 17.1 Å². The van der Waals surface area contributed by atoms with Gasteiger partial charge in [-0.25, -0.2) is 20.0 Å². The Balaban J connectivity index is 0.000000807. The van der Waals surface area contributed by atoms with E-state index in [-0.39, 0.29) is 54.1 Å². The minimum absolute atomic E-state index is 0. The smallest absolute Gasteiger partial charge is 1.00 e. The quantitative estimate of drug-likeness (QED) is 0.141. The number of ether oxygens (including phenoxy) is 2. The van der Waals surface area contributed by atoms with Crippen LogP contribution in [0.3, 0.4) is 0 Å². The molecule has 0 fully saturated rings. The van der Waals surface area contributed by atoms with E-state index in [0.717, 1.165) is 24.5 Å². The molecule has 4 aromatic rings. The fraction of sp³-hybridized carbons (Fsp3) is 0.333. The van der Waals surface area contributed by atoms with Crippen LogP contribution >= 0.6 is 46.4 Å². The van der Waals surface area contributed by atoms with Crippen molar-refractivity contribution >= 4 is 69.4 Å². The van der Waals surface area contributed by atoms with Crippen molar-refractivity contribution in [1.82, 2.24) is 19.1 Å². The summed E-state index contributed by atoms with van der Waals surface area (Å²) >= 11 is 24.2. The fourth-order valence-corrected chi connectivity index (χ4v) is 4.54. The van der Waals surface area contributed by atoms with Gasteiger partial charge in [-0.15, -0.1) is 0 Å². The van der Waals surface area contributed by atoms with Crippen molar-refractivity contribution in [3.8, 4) is 0 Å². The van der Waals surface area contributed by atoms with E-state index in [1.54, 1.807) is 61.4 Å². The molecule has 2 aromatic carbocycles. The summed E-state index contributed by atoms with van der Waals surface area (Å²) in [5, 5.41) is 2.17. The summed E-state index contributed by atoms with van der Waals surface area (Å²) in [7, 11) is 0. The van der Waals surface area contributed by atoms with Crippen LogP contribution < -0.4 is 24.8 Å². The average molecular weight is 787 g/mol. The van der Waals surface area contributed by atoms with Crippen LogP contribution in [-0.2, 0) is 26.5 Å². The molecule has 15 heteroatoms. The first kappa shape index (κ1) is 43.4. The summed E-state index contributed by atoms with van der Waals surface area (Å²) in [6.07, 6.45) is 12.0. The zero-order chi connectivity index (χ0) is 30.5. The first-order valence-corrected chi connectivity index (χ1v) is 15.0. The first-order valence-electron chi connectivity index (χ1n) is 13.5. The van der Waals surface area contributed by atoms with Gasteiger partial charge < -0.3 is 34.3 Å². The van der Waals surface area contributed by atoms with E-state index in [1.807, 2.05) is 35.4 Å². The summed E-state index contributed by atoms with van der Waals surface area (Å²) in [4.78, 5) is 17.3. The molecule has 249 valence electrons. The molecule has 2 unspecified atom stereocenters. The predicted octanol–water partition coefficient (Wildman–Crippen LogP) is 3.17. The van der Waals surface area contributed by atoms with Crippen molar-refractivity contribution < 1.29 is 51.4 Å². The molecule has 0 bridgehead atoms. The molecule has 1 radical (unpaired) electrons. The van der Waals surface area contributed by atoms with E-state index in [2.05, 4.69) is 33.8 Å². The Morgan fingerprint density at radius 3 is 1.38 bits per heavy atom. The molecule has 4 rings (SSSR count). The van der Waals surface area contributed by atoms with Crippen molar-refractivity contribution in [1.29, 1.82) is 0 Å². The van der Waals surface area contributed by atoms with Gasteiger partial charge in [0, 0.05) is 48.0 Å². The molecule has 2 atom stereocenters. The topological polar surface area (TPSA) is 78.8 Å². The van der Waals surface area contributed by atoms with Gasteiger partial charge in [-0.05, 0) is 63.1 Å². The van der Waals surface area contributed by atoms with Crippen LogP contribution in [0.25, 0.3) is 0 Å². The molecule has 0 aliphatic heterocycles. The van der Waals surface area contributed by atoms with Crippen LogP contribution in [0.1, 0.15) is 40.5 Å². The maximum atomic E-state index is 6.19. The molecule has 0 spiro atoms. The number of nitrogens with zero attached hydrogens (tertiary/aromatic N) is 6. The number of aliphatic imine (C=N–C) groups is 2. The second-order valence-corrected chi connectivity index (χ2v) is 10.8. The third-order valence-corrected chi connectivity index (χ3v) is 6.77. The van der Waals surface area contributed by atoms with Gasteiger partial charge in [-0.1, -0.05) is 60.3 Å². The zero-order valence-electron chi connectivity index (χ0n) is 25.0. The molecule has 0 N–H and O–H groups in total. The second kappa shape index (κ2) is 22.8. The van der Waals surface area contributed by atoms with Crippen molar-refractivity contribution in [2.24, 2.45) is 9.98 Å². The summed E-state index contributed by atoms with van der Waals surface area (Å²) in [5.74, 6) is 1.45. The monoisotopic (exact) mass is 783 g/mol. The van der Waals surface area contributed by atoms with Gasteiger partial charge in [-0.2, -0.15) is 0 Å². The number of hydrogen-bond acceptors (Lipinski definition) is 6. The Bertz CT molecular complexity index is 1350. The van der Waals surface area contributed by atoms with E-state index >= 15 is 0 Å². The number of halogens is 6. The SMILES string of the molecule is CCCOC(C)C(=Nc1ccc(Cl)cc1Cl)n1ccnc1.CCCOC(C)C(=Nc1ccc(Cl)cc1Cl)n1ccnc1.[Cl-].[Cl-].[Cu+2]. The van der Waals surface area contributed by atoms with Gasteiger partial charge in [0.2, 0.25) is 0 Å². The molecule has 8 nitrogen and oxygen atoms in total. The molecule has 0 aliphatic rings. The Morgan fingerprint density at radius 1 is 0.711 bits per heavy atom. The number of aromatic nitrogens is 4.